The van der Waals surface area contributed by atoms with Crippen LogP contribution in [0.2, 0.25) is 0 Å². The molecule has 0 saturated carbocycles. The highest BCUT2D eigenvalue weighted by Gasteiger charge is 2.19. The van der Waals surface area contributed by atoms with Crippen molar-refractivity contribution in [2.75, 3.05) is 0 Å². The number of hydrogen-bond acceptors (Lipinski definition) is 5. The van der Waals surface area contributed by atoms with Crippen molar-refractivity contribution < 1.29 is 0 Å². The third-order valence-corrected chi connectivity index (χ3v) is 13.2. The van der Waals surface area contributed by atoms with Crippen LogP contribution in [0.1, 0.15) is 0 Å². The molecule has 0 fully saturated rings. The van der Waals surface area contributed by atoms with Crippen LogP contribution in [0.4, 0.5) is 0 Å². The summed E-state index contributed by atoms with van der Waals surface area (Å²) in [4.78, 5) is 15.8. The fourth-order valence-electron chi connectivity index (χ4n) is 8.34. The first kappa shape index (κ1) is 30.7. The molecule has 0 spiro atoms. The predicted molar refractivity (Wildman–Crippen MR) is 234 cm³/mol. The van der Waals surface area contributed by atoms with Crippen LogP contribution < -0.4 is 0 Å². The van der Waals surface area contributed by atoms with Gasteiger partial charge in [0.1, 0.15) is 0 Å². The van der Waals surface area contributed by atoms with Crippen LogP contribution in [0.5, 0.6) is 0 Å². The summed E-state index contributed by atoms with van der Waals surface area (Å²) in [6.07, 6.45) is 0. The number of aromatic nitrogens is 4. The molecule has 12 aromatic rings. The second kappa shape index (κ2) is 11.9. The number of thiophene rings is 2. The summed E-state index contributed by atoms with van der Waals surface area (Å²) in [5, 5.41) is 9.98. The molecule has 55 heavy (non-hydrogen) atoms. The first-order valence-electron chi connectivity index (χ1n) is 18.4. The highest BCUT2D eigenvalue weighted by Crippen LogP contribution is 2.41. The Labute approximate surface area is 323 Å². The third kappa shape index (κ3) is 4.72. The van der Waals surface area contributed by atoms with Crippen LogP contribution in [0, 0.1) is 0 Å². The highest BCUT2D eigenvalue weighted by molar-refractivity contribution is 7.26. The van der Waals surface area contributed by atoms with Gasteiger partial charge in [-0.2, -0.15) is 0 Å². The molecule has 0 aliphatic heterocycles. The molecule has 4 nitrogen and oxygen atoms in total. The summed E-state index contributed by atoms with van der Waals surface area (Å²) in [6.45, 7) is 0. The Morgan fingerprint density at radius 3 is 1.87 bits per heavy atom. The molecule has 0 bridgehead atoms. The average Bonchev–Trinajstić information content (AvgIpc) is 3.93. The maximum absolute atomic E-state index is 5.28. The number of rotatable bonds is 4. The molecule has 6 heteroatoms. The second-order valence-electron chi connectivity index (χ2n) is 14.0. The van der Waals surface area contributed by atoms with Gasteiger partial charge in [-0.25, -0.2) is 15.0 Å². The lowest BCUT2D eigenvalue weighted by Crippen LogP contribution is -2.01. The number of para-hydroxylation sites is 1. The standard InChI is InChI=1S/C49H28N4S2/c1-2-14-33-29(11-1)24-26-41-45(33)38-17-3-6-20-40(38)53(41)32-13-9-12-30(27-32)47-50-48(31-23-25-36-34-15-4-7-21-42(34)54-44(36)28-31)52-49(51-47)39-19-10-18-37-35-16-5-8-22-43(35)55-46(37)39/h1-28H. The van der Waals surface area contributed by atoms with E-state index in [0.717, 1.165) is 27.9 Å². The molecule has 0 aliphatic carbocycles. The third-order valence-electron chi connectivity index (χ3n) is 10.8. The lowest BCUT2D eigenvalue weighted by atomic mass is 10.0. The molecule has 12 rings (SSSR count). The Morgan fingerprint density at radius 1 is 0.382 bits per heavy atom. The summed E-state index contributed by atoms with van der Waals surface area (Å²) in [7, 11) is 0. The molecular formula is C49H28N4S2. The average molecular weight is 737 g/mol. The molecule has 0 unspecified atom stereocenters. The van der Waals surface area contributed by atoms with Gasteiger partial charge in [0.25, 0.3) is 0 Å². The van der Waals surface area contributed by atoms with E-state index < -0.39 is 0 Å². The van der Waals surface area contributed by atoms with Crippen molar-refractivity contribution >= 4 is 95.6 Å². The van der Waals surface area contributed by atoms with Crippen LogP contribution in [0.3, 0.4) is 0 Å². The van der Waals surface area contributed by atoms with Gasteiger partial charge >= 0.3 is 0 Å². The van der Waals surface area contributed by atoms with Gasteiger partial charge in [-0.3, -0.25) is 0 Å². The minimum Gasteiger partial charge on any atom is -0.309 e. The first-order chi connectivity index (χ1) is 27.2. The summed E-state index contributed by atoms with van der Waals surface area (Å²) < 4.78 is 7.30. The van der Waals surface area contributed by atoms with Gasteiger partial charge in [-0.1, -0.05) is 121 Å². The molecule has 0 saturated heterocycles. The van der Waals surface area contributed by atoms with Crippen LogP contribution in [0.15, 0.2) is 170 Å². The molecule has 0 atom stereocenters. The largest absolute Gasteiger partial charge is 0.309 e. The molecule has 4 heterocycles. The predicted octanol–water partition coefficient (Wildman–Crippen LogP) is 13.9. The maximum atomic E-state index is 5.28. The van der Waals surface area contributed by atoms with E-state index in [9.17, 15) is 0 Å². The molecular weight excluding hydrogens is 709 g/mol. The fraction of sp³-hybridized carbons (Fsp3) is 0. The van der Waals surface area contributed by atoms with Crippen LogP contribution in [-0.4, -0.2) is 19.5 Å². The summed E-state index contributed by atoms with van der Waals surface area (Å²) >= 11 is 3.60. The zero-order valence-electron chi connectivity index (χ0n) is 29.3. The number of nitrogens with zero attached hydrogens (tertiary/aromatic N) is 4. The lowest BCUT2D eigenvalue weighted by molar-refractivity contribution is 1.07. The summed E-state index contributed by atoms with van der Waals surface area (Å²) in [6, 6.07) is 60.7. The number of benzene rings is 8. The van der Waals surface area contributed by atoms with Crippen molar-refractivity contribution in [3.8, 4) is 39.9 Å². The quantitative estimate of drug-likeness (QED) is 0.181. The van der Waals surface area contributed by atoms with E-state index in [1.54, 1.807) is 22.7 Å². The van der Waals surface area contributed by atoms with Crippen LogP contribution in [-0.2, 0) is 0 Å². The van der Waals surface area contributed by atoms with Gasteiger partial charge < -0.3 is 4.57 Å². The smallest absolute Gasteiger partial charge is 0.165 e. The molecule has 0 aliphatic rings. The zero-order valence-corrected chi connectivity index (χ0v) is 30.9. The number of hydrogen-bond donors (Lipinski definition) is 0. The highest BCUT2D eigenvalue weighted by atomic mass is 32.1. The Bertz CT molecular complexity index is 3520. The van der Waals surface area contributed by atoms with Gasteiger partial charge in [0.2, 0.25) is 0 Å². The van der Waals surface area contributed by atoms with Crippen molar-refractivity contribution in [3.63, 3.8) is 0 Å². The van der Waals surface area contributed by atoms with Crippen molar-refractivity contribution in [2.24, 2.45) is 0 Å². The molecule has 4 aromatic heterocycles. The van der Waals surface area contributed by atoms with Crippen molar-refractivity contribution in [2.45, 2.75) is 0 Å². The van der Waals surface area contributed by atoms with Gasteiger partial charge in [0, 0.05) is 73.5 Å². The maximum Gasteiger partial charge on any atom is 0.165 e. The van der Waals surface area contributed by atoms with Gasteiger partial charge in [0.15, 0.2) is 17.5 Å². The van der Waals surface area contributed by atoms with Crippen molar-refractivity contribution in [1.29, 1.82) is 0 Å². The Balaban J connectivity index is 1.09. The van der Waals surface area contributed by atoms with Crippen LogP contribution in [0.25, 0.3) is 113 Å². The van der Waals surface area contributed by atoms with Gasteiger partial charge in [-0.05, 0) is 59.3 Å². The molecule has 0 N–H and O–H groups in total. The molecule has 0 amide bonds. The van der Waals surface area contributed by atoms with E-state index in [4.69, 9.17) is 15.0 Å². The van der Waals surface area contributed by atoms with Crippen LogP contribution >= 0.6 is 22.7 Å². The minimum atomic E-state index is 0.641. The zero-order chi connectivity index (χ0) is 36.0. The fourth-order valence-corrected chi connectivity index (χ4v) is 10.7. The van der Waals surface area contributed by atoms with Gasteiger partial charge in [-0.15, -0.1) is 22.7 Å². The minimum absolute atomic E-state index is 0.641. The van der Waals surface area contributed by atoms with Crippen molar-refractivity contribution in [1.82, 2.24) is 19.5 Å². The topological polar surface area (TPSA) is 43.6 Å². The summed E-state index contributed by atoms with van der Waals surface area (Å²) in [5.41, 5.74) is 6.30. The van der Waals surface area contributed by atoms with E-state index >= 15 is 0 Å². The van der Waals surface area contributed by atoms with Crippen molar-refractivity contribution in [3.05, 3.63) is 170 Å². The first-order valence-corrected chi connectivity index (χ1v) is 20.0. The Hall–Kier alpha value is -6.73. The lowest BCUT2D eigenvalue weighted by Gasteiger charge is -2.12. The SMILES string of the molecule is c1cc(-c2nc(-c3ccc4c(c3)sc3ccccc34)nc(-c3cccc4c3sc3ccccc34)n2)cc(-n2c3ccccc3c3c4ccccc4ccc32)c1. The second-order valence-corrected chi connectivity index (χ2v) is 16.1. The number of fused-ring (bicyclic) bond motifs is 11. The Kier molecular flexibility index (Phi) is 6.64. The van der Waals surface area contributed by atoms with E-state index in [2.05, 4.69) is 174 Å². The van der Waals surface area contributed by atoms with E-state index in [-0.39, 0.29) is 0 Å². The molecule has 256 valence electrons. The van der Waals surface area contributed by atoms with E-state index in [0.29, 0.717) is 17.5 Å². The molecule has 8 aromatic carbocycles. The summed E-state index contributed by atoms with van der Waals surface area (Å²) in [5.74, 6) is 1.97. The van der Waals surface area contributed by atoms with Gasteiger partial charge in [0.05, 0.1) is 11.0 Å². The monoisotopic (exact) mass is 736 g/mol. The normalized spacial score (nSPS) is 12.0. The Morgan fingerprint density at radius 2 is 1.02 bits per heavy atom. The van der Waals surface area contributed by atoms with E-state index in [1.807, 2.05) is 0 Å². The van der Waals surface area contributed by atoms with E-state index in [1.165, 1.54) is 67.4 Å². The molecule has 0 radical (unpaired) electrons.